The lowest BCUT2D eigenvalue weighted by Gasteiger charge is -2.05. The summed E-state index contributed by atoms with van der Waals surface area (Å²) in [5.41, 5.74) is 6.80. The number of nitrogens with two attached hydrogens (primary N) is 1. The highest BCUT2D eigenvalue weighted by atomic mass is 16.5. The number of pyridine rings is 1. The van der Waals surface area contributed by atoms with Crippen LogP contribution < -0.4 is 10.5 Å². The SMILES string of the molecule is CCOc1cc(C(=N)N)cc(C)n1. The molecule has 0 unspecified atom stereocenters. The van der Waals surface area contributed by atoms with Gasteiger partial charge in [0.25, 0.3) is 0 Å². The molecule has 0 aromatic carbocycles. The molecular formula is C9H13N3O. The van der Waals surface area contributed by atoms with Gasteiger partial charge in [0.05, 0.1) is 6.61 Å². The molecule has 4 nitrogen and oxygen atoms in total. The molecule has 0 saturated heterocycles. The molecule has 70 valence electrons. The first kappa shape index (κ1) is 9.51. The lowest BCUT2D eigenvalue weighted by atomic mass is 10.2. The van der Waals surface area contributed by atoms with Crippen molar-refractivity contribution < 1.29 is 4.74 Å². The van der Waals surface area contributed by atoms with Gasteiger partial charge in [-0.05, 0) is 19.9 Å². The minimum atomic E-state index is 0.0338. The smallest absolute Gasteiger partial charge is 0.214 e. The number of nitrogens with zero attached hydrogens (tertiary/aromatic N) is 1. The first-order valence-corrected chi connectivity index (χ1v) is 4.09. The van der Waals surface area contributed by atoms with E-state index in [1.807, 2.05) is 13.8 Å². The van der Waals surface area contributed by atoms with Gasteiger partial charge in [-0.3, -0.25) is 5.41 Å². The fourth-order valence-electron chi connectivity index (χ4n) is 1.02. The van der Waals surface area contributed by atoms with E-state index in [1.54, 1.807) is 12.1 Å². The number of hydrogen-bond acceptors (Lipinski definition) is 3. The van der Waals surface area contributed by atoms with Crippen LogP contribution in [0.25, 0.3) is 0 Å². The van der Waals surface area contributed by atoms with E-state index < -0.39 is 0 Å². The van der Waals surface area contributed by atoms with Crippen molar-refractivity contribution in [2.24, 2.45) is 5.73 Å². The Labute approximate surface area is 77.2 Å². The zero-order valence-corrected chi connectivity index (χ0v) is 7.79. The number of aryl methyl sites for hydroxylation is 1. The molecule has 0 amide bonds. The van der Waals surface area contributed by atoms with Crippen LogP contribution >= 0.6 is 0 Å². The number of ether oxygens (including phenoxy) is 1. The van der Waals surface area contributed by atoms with Crippen LogP contribution in [0.5, 0.6) is 5.88 Å². The summed E-state index contributed by atoms with van der Waals surface area (Å²) in [6, 6.07) is 3.42. The van der Waals surface area contributed by atoms with Crippen LogP contribution in [-0.4, -0.2) is 17.4 Å². The molecule has 0 aliphatic carbocycles. The molecule has 0 saturated carbocycles. The van der Waals surface area contributed by atoms with Crippen LogP contribution in [0.1, 0.15) is 18.2 Å². The molecule has 0 aliphatic rings. The average molecular weight is 179 g/mol. The quantitative estimate of drug-likeness (QED) is 0.538. The third kappa shape index (κ3) is 2.43. The summed E-state index contributed by atoms with van der Waals surface area (Å²) < 4.78 is 5.21. The van der Waals surface area contributed by atoms with Crippen LogP contribution in [0, 0.1) is 12.3 Å². The maximum absolute atomic E-state index is 7.26. The van der Waals surface area contributed by atoms with E-state index in [1.165, 1.54) is 0 Å². The first-order chi connectivity index (χ1) is 6.13. The predicted octanol–water partition coefficient (Wildman–Crippen LogP) is 1.07. The summed E-state index contributed by atoms with van der Waals surface area (Å²) in [6.45, 7) is 4.29. The lowest BCUT2D eigenvalue weighted by molar-refractivity contribution is 0.326. The monoisotopic (exact) mass is 179 g/mol. The van der Waals surface area contributed by atoms with Gasteiger partial charge in [0.2, 0.25) is 5.88 Å². The molecule has 1 aromatic heterocycles. The molecule has 0 fully saturated rings. The summed E-state index contributed by atoms with van der Waals surface area (Å²) in [5.74, 6) is 0.555. The summed E-state index contributed by atoms with van der Waals surface area (Å²) in [7, 11) is 0. The molecule has 4 heteroatoms. The highest BCUT2D eigenvalue weighted by Crippen LogP contribution is 2.11. The van der Waals surface area contributed by atoms with Gasteiger partial charge in [-0.1, -0.05) is 0 Å². The van der Waals surface area contributed by atoms with E-state index in [0.29, 0.717) is 18.1 Å². The Balaban J connectivity index is 3.03. The molecule has 1 aromatic rings. The standard InChI is InChI=1S/C9H13N3O/c1-3-13-8-5-7(9(10)11)4-6(2)12-8/h4-5H,3H2,1-2H3,(H3,10,11). The highest BCUT2D eigenvalue weighted by Gasteiger charge is 2.02. The maximum atomic E-state index is 7.26. The van der Waals surface area contributed by atoms with Crippen LogP contribution in [0.2, 0.25) is 0 Å². The summed E-state index contributed by atoms with van der Waals surface area (Å²) in [4.78, 5) is 4.13. The van der Waals surface area contributed by atoms with E-state index >= 15 is 0 Å². The lowest BCUT2D eigenvalue weighted by Crippen LogP contribution is -2.12. The molecule has 1 heterocycles. The minimum absolute atomic E-state index is 0.0338. The first-order valence-electron chi connectivity index (χ1n) is 4.09. The highest BCUT2D eigenvalue weighted by molar-refractivity contribution is 5.95. The van der Waals surface area contributed by atoms with E-state index in [2.05, 4.69) is 4.98 Å². The number of aromatic nitrogens is 1. The molecule has 0 atom stereocenters. The number of nitrogen functional groups attached to an aromatic ring is 1. The van der Waals surface area contributed by atoms with E-state index in [-0.39, 0.29) is 5.84 Å². The van der Waals surface area contributed by atoms with Gasteiger partial charge in [-0.15, -0.1) is 0 Å². The summed E-state index contributed by atoms with van der Waals surface area (Å²) in [6.07, 6.45) is 0. The van der Waals surface area contributed by atoms with Crippen molar-refractivity contribution in [3.05, 3.63) is 23.4 Å². The van der Waals surface area contributed by atoms with E-state index in [4.69, 9.17) is 15.9 Å². The minimum Gasteiger partial charge on any atom is -0.478 e. The maximum Gasteiger partial charge on any atom is 0.214 e. The van der Waals surface area contributed by atoms with Gasteiger partial charge in [0.1, 0.15) is 5.84 Å². The molecule has 1 rings (SSSR count). The number of nitrogens with one attached hydrogen (secondary N) is 1. The van der Waals surface area contributed by atoms with Gasteiger partial charge in [-0.25, -0.2) is 4.98 Å². The van der Waals surface area contributed by atoms with E-state index in [9.17, 15) is 0 Å². The average Bonchev–Trinajstić information content (AvgIpc) is 2.03. The molecule has 0 radical (unpaired) electrons. The van der Waals surface area contributed by atoms with Crippen LogP contribution in [0.4, 0.5) is 0 Å². The molecule has 3 N–H and O–H groups in total. The fraction of sp³-hybridized carbons (Fsp3) is 0.333. The van der Waals surface area contributed by atoms with Crippen molar-refractivity contribution in [1.82, 2.24) is 4.98 Å². The zero-order chi connectivity index (χ0) is 9.84. The zero-order valence-electron chi connectivity index (χ0n) is 7.79. The van der Waals surface area contributed by atoms with Crippen molar-refractivity contribution >= 4 is 5.84 Å². The third-order valence-electron chi connectivity index (χ3n) is 1.53. The Kier molecular flexibility index (Phi) is 2.84. The van der Waals surface area contributed by atoms with Crippen molar-refractivity contribution in [2.75, 3.05) is 6.61 Å². The van der Waals surface area contributed by atoms with Gasteiger partial charge in [0, 0.05) is 17.3 Å². The second kappa shape index (κ2) is 3.89. The topological polar surface area (TPSA) is 72.0 Å². The van der Waals surface area contributed by atoms with Crippen molar-refractivity contribution in [3.63, 3.8) is 0 Å². The summed E-state index contributed by atoms with van der Waals surface area (Å²) >= 11 is 0. The van der Waals surface area contributed by atoms with Gasteiger partial charge < -0.3 is 10.5 Å². The van der Waals surface area contributed by atoms with Gasteiger partial charge in [0.15, 0.2) is 0 Å². The van der Waals surface area contributed by atoms with Crippen molar-refractivity contribution in [2.45, 2.75) is 13.8 Å². The Bertz CT molecular complexity index is 323. The number of amidine groups is 1. The van der Waals surface area contributed by atoms with Crippen LogP contribution in [-0.2, 0) is 0 Å². The second-order valence-electron chi connectivity index (χ2n) is 2.68. The molecule has 0 aliphatic heterocycles. The van der Waals surface area contributed by atoms with Crippen molar-refractivity contribution in [1.29, 1.82) is 5.41 Å². The normalized spacial score (nSPS) is 9.69. The third-order valence-corrected chi connectivity index (χ3v) is 1.53. The van der Waals surface area contributed by atoms with Crippen LogP contribution in [0.3, 0.4) is 0 Å². The fourth-order valence-corrected chi connectivity index (χ4v) is 1.02. The summed E-state index contributed by atoms with van der Waals surface area (Å²) in [5, 5.41) is 7.26. The van der Waals surface area contributed by atoms with Gasteiger partial charge >= 0.3 is 0 Å². The molecule has 13 heavy (non-hydrogen) atoms. The second-order valence-corrected chi connectivity index (χ2v) is 2.68. The molecule has 0 bridgehead atoms. The Hall–Kier alpha value is -1.58. The molecule has 0 spiro atoms. The predicted molar refractivity (Wildman–Crippen MR) is 51.2 cm³/mol. The molecular weight excluding hydrogens is 166 g/mol. The number of rotatable bonds is 3. The Morgan fingerprint density at radius 2 is 2.31 bits per heavy atom. The van der Waals surface area contributed by atoms with Crippen molar-refractivity contribution in [3.8, 4) is 5.88 Å². The Morgan fingerprint density at radius 1 is 1.62 bits per heavy atom. The largest absolute Gasteiger partial charge is 0.478 e. The van der Waals surface area contributed by atoms with Crippen LogP contribution in [0.15, 0.2) is 12.1 Å². The number of hydrogen-bond donors (Lipinski definition) is 2. The Morgan fingerprint density at radius 3 is 2.85 bits per heavy atom. The van der Waals surface area contributed by atoms with E-state index in [0.717, 1.165) is 5.69 Å². The van der Waals surface area contributed by atoms with Gasteiger partial charge in [-0.2, -0.15) is 0 Å².